The molecule has 1 unspecified atom stereocenters. The van der Waals surface area contributed by atoms with Crippen molar-refractivity contribution in [3.63, 3.8) is 0 Å². The van der Waals surface area contributed by atoms with Gasteiger partial charge in [-0.1, -0.05) is 12.1 Å². The standard InChI is InChI=1S/C18H20N2O3/c1-5-23-18(21)16-12(3)20-11(2)15(10-19)17(16)13-6-8-14(22-4)9-7-13/h6-9,16-17H,5H2,1-4H3/t16?,17-/m0/s1. The summed E-state index contributed by atoms with van der Waals surface area (Å²) in [7, 11) is 1.60. The molecule has 0 radical (unpaired) electrons. The number of carbonyl (C=O) groups is 1. The normalized spacial score (nSPS) is 20.6. The number of hydrogen-bond acceptors (Lipinski definition) is 5. The second kappa shape index (κ2) is 7.10. The summed E-state index contributed by atoms with van der Waals surface area (Å²) in [5.41, 5.74) is 2.68. The summed E-state index contributed by atoms with van der Waals surface area (Å²) in [5.74, 6) is -0.596. The molecule has 1 aromatic carbocycles. The molecular formula is C18H20N2O3. The van der Waals surface area contributed by atoms with Crippen LogP contribution in [-0.4, -0.2) is 25.4 Å². The lowest BCUT2D eigenvalue weighted by atomic mass is 9.76. The maximum atomic E-state index is 12.4. The average Bonchev–Trinajstić information content (AvgIpc) is 2.54. The molecule has 5 heteroatoms. The third-order valence-corrected chi connectivity index (χ3v) is 3.96. The zero-order valence-corrected chi connectivity index (χ0v) is 13.8. The van der Waals surface area contributed by atoms with Crippen LogP contribution in [-0.2, 0) is 9.53 Å². The summed E-state index contributed by atoms with van der Waals surface area (Å²) in [6.07, 6.45) is 0. The number of hydrogen-bond donors (Lipinski definition) is 0. The van der Waals surface area contributed by atoms with Crippen LogP contribution in [0.5, 0.6) is 5.75 Å². The highest BCUT2D eigenvalue weighted by Gasteiger charge is 2.39. The molecule has 0 amide bonds. The van der Waals surface area contributed by atoms with Gasteiger partial charge in [-0.05, 0) is 38.5 Å². The first kappa shape index (κ1) is 16.8. The van der Waals surface area contributed by atoms with Gasteiger partial charge in [-0.3, -0.25) is 9.79 Å². The Morgan fingerprint density at radius 2 is 1.96 bits per heavy atom. The van der Waals surface area contributed by atoms with E-state index >= 15 is 0 Å². The fourth-order valence-electron chi connectivity index (χ4n) is 2.89. The summed E-state index contributed by atoms with van der Waals surface area (Å²) >= 11 is 0. The molecule has 0 saturated carbocycles. The lowest BCUT2D eigenvalue weighted by molar-refractivity contribution is -0.146. The van der Waals surface area contributed by atoms with Crippen LogP contribution in [0.4, 0.5) is 0 Å². The molecule has 2 rings (SSSR count). The molecule has 0 aliphatic carbocycles. The van der Waals surface area contributed by atoms with E-state index in [0.29, 0.717) is 23.6 Å². The van der Waals surface area contributed by atoms with E-state index in [-0.39, 0.29) is 11.9 Å². The zero-order valence-electron chi connectivity index (χ0n) is 13.8. The fourth-order valence-corrected chi connectivity index (χ4v) is 2.89. The largest absolute Gasteiger partial charge is 0.497 e. The second-order valence-corrected chi connectivity index (χ2v) is 5.34. The predicted molar refractivity (Wildman–Crippen MR) is 87.3 cm³/mol. The molecule has 2 atom stereocenters. The Bertz CT molecular complexity index is 696. The third-order valence-electron chi connectivity index (χ3n) is 3.96. The number of benzene rings is 1. The lowest BCUT2D eigenvalue weighted by Gasteiger charge is -2.29. The summed E-state index contributed by atoms with van der Waals surface area (Å²) in [6.45, 7) is 5.65. The number of carbonyl (C=O) groups excluding carboxylic acids is 1. The number of nitrogens with zero attached hydrogens (tertiary/aromatic N) is 2. The Labute approximate surface area is 136 Å². The highest BCUT2D eigenvalue weighted by Crippen LogP contribution is 2.39. The summed E-state index contributed by atoms with van der Waals surface area (Å²) in [4.78, 5) is 16.8. The van der Waals surface area contributed by atoms with Crippen LogP contribution in [0.1, 0.15) is 32.3 Å². The van der Waals surface area contributed by atoms with E-state index in [2.05, 4.69) is 11.1 Å². The summed E-state index contributed by atoms with van der Waals surface area (Å²) in [6, 6.07) is 9.60. The van der Waals surface area contributed by atoms with E-state index in [1.807, 2.05) is 24.3 Å². The number of ether oxygens (including phenoxy) is 2. The quantitative estimate of drug-likeness (QED) is 0.800. The highest BCUT2D eigenvalue weighted by molar-refractivity contribution is 6.03. The maximum absolute atomic E-state index is 12.4. The molecule has 0 saturated heterocycles. The van der Waals surface area contributed by atoms with E-state index in [0.717, 1.165) is 11.3 Å². The molecule has 0 bridgehead atoms. The van der Waals surface area contributed by atoms with E-state index in [4.69, 9.17) is 9.47 Å². The van der Waals surface area contributed by atoms with Gasteiger partial charge < -0.3 is 9.47 Å². The molecule has 1 aromatic rings. The van der Waals surface area contributed by atoms with E-state index in [1.165, 1.54) is 0 Å². The van der Waals surface area contributed by atoms with Gasteiger partial charge in [-0.25, -0.2) is 0 Å². The van der Waals surface area contributed by atoms with Gasteiger partial charge in [0.2, 0.25) is 0 Å². The Kier molecular flexibility index (Phi) is 5.17. The molecule has 1 aliphatic heterocycles. The van der Waals surface area contributed by atoms with Crippen molar-refractivity contribution in [3.05, 3.63) is 41.1 Å². The molecule has 0 aromatic heterocycles. The van der Waals surface area contributed by atoms with Crippen molar-refractivity contribution < 1.29 is 14.3 Å². The molecular weight excluding hydrogens is 292 g/mol. The third kappa shape index (κ3) is 3.26. The van der Waals surface area contributed by atoms with Gasteiger partial charge in [-0.15, -0.1) is 0 Å². The first-order valence-electron chi connectivity index (χ1n) is 7.50. The predicted octanol–water partition coefficient (Wildman–Crippen LogP) is 3.23. The number of allylic oxidation sites excluding steroid dienone is 2. The Balaban J connectivity index is 2.53. The van der Waals surface area contributed by atoms with Gasteiger partial charge in [0.25, 0.3) is 0 Å². The second-order valence-electron chi connectivity index (χ2n) is 5.34. The monoisotopic (exact) mass is 312 g/mol. The number of nitriles is 1. The van der Waals surface area contributed by atoms with Crippen molar-refractivity contribution in [2.24, 2.45) is 10.9 Å². The molecule has 5 nitrogen and oxygen atoms in total. The molecule has 0 spiro atoms. The number of rotatable bonds is 4. The first-order valence-corrected chi connectivity index (χ1v) is 7.50. The van der Waals surface area contributed by atoms with Crippen LogP contribution in [0, 0.1) is 17.2 Å². The fraction of sp³-hybridized carbons (Fsp3) is 0.389. The van der Waals surface area contributed by atoms with Crippen molar-refractivity contribution in [2.75, 3.05) is 13.7 Å². The minimum atomic E-state index is -0.582. The van der Waals surface area contributed by atoms with Gasteiger partial charge in [-0.2, -0.15) is 5.26 Å². The lowest BCUT2D eigenvalue weighted by Crippen LogP contribution is -2.34. The molecule has 0 fully saturated rings. The Hall–Kier alpha value is -2.61. The Morgan fingerprint density at radius 1 is 1.30 bits per heavy atom. The van der Waals surface area contributed by atoms with Crippen molar-refractivity contribution in [3.8, 4) is 11.8 Å². The summed E-state index contributed by atoms with van der Waals surface area (Å²) < 4.78 is 10.4. The topological polar surface area (TPSA) is 71.7 Å². The van der Waals surface area contributed by atoms with Crippen LogP contribution in [0.3, 0.4) is 0 Å². The van der Waals surface area contributed by atoms with Gasteiger partial charge in [0.1, 0.15) is 11.7 Å². The average molecular weight is 312 g/mol. The van der Waals surface area contributed by atoms with Crippen LogP contribution >= 0.6 is 0 Å². The molecule has 1 aliphatic rings. The SMILES string of the molecule is CCOC(=O)C1C(C)=NC(C)=C(C#N)[C@@H]1c1ccc(OC)cc1. The highest BCUT2D eigenvalue weighted by atomic mass is 16.5. The minimum absolute atomic E-state index is 0.294. The van der Waals surface area contributed by atoms with E-state index in [1.54, 1.807) is 27.9 Å². The van der Waals surface area contributed by atoms with Gasteiger partial charge >= 0.3 is 5.97 Å². The zero-order chi connectivity index (χ0) is 17.0. The van der Waals surface area contributed by atoms with Crippen molar-refractivity contribution in [2.45, 2.75) is 26.7 Å². The van der Waals surface area contributed by atoms with Crippen molar-refractivity contribution in [1.82, 2.24) is 0 Å². The van der Waals surface area contributed by atoms with Crippen LogP contribution in [0.15, 0.2) is 40.5 Å². The first-order chi connectivity index (χ1) is 11.0. The Morgan fingerprint density at radius 3 is 2.48 bits per heavy atom. The van der Waals surface area contributed by atoms with Gasteiger partial charge in [0, 0.05) is 11.6 Å². The molecule has 0 N–H and O–H groups in total. The maximum Gasteiger partial charge on any atom is 0.315 e. The number of aliphatic imine (C=N–C) groups is 1. The molecule has 120 valence electrons. The van der Waals surface area contributed by atoms with Crippen LogP contribution < -0.4 is 4.74 Å². The van der Waals surface area contributed by atoms with E-state index in [9.17, 15) is 10.1 Å². The smallest absolute Gasteiger partial charge is 0.315 e. The number of esters is 1. The van der Waals surface area contributed by atoms with Gasteiger partial charge in [0.05, 0.1) is 31.1 Å². The summed E-state index contributed by atoms with van der Waals surface area (Å²) in [5, 5.41) is 9.56. The van der Waals surface area contributed by atoms with Crippen LogP contribution in [0.25, 0.3) is 0 Å². The van der Waals surface area contributed by atoms with Crippen LogP contribution in [0.2, 0.25) is 0 Å². The molecule has 23 heavy (non-hydrogen) atoms. The minimum Gasteiger partial charge on any atom is -0.497 e. The van der Waals surface area contributed by atoms with Crippen molar-refractivity contribution >= 4 is 11.7 Å². The van der Waals surface area contributed by atoms with Gasteiger partial charge in [0.15, 0.2) is 0 Å². The molecule has 1 heterocycles. The van der Waals surface area contributed by atoms with Crippen molar-refractivity contribution in [1.29, 1.82) is 5.26 Å². The van der Waals surface area contributed by atoms with E-state index < -0.39 is 5.92 Å². The number of methoxy groups -OCH3 is 1.